The molecular formula is C23H41NO6. The topological polar surface area (TPSA) is 130 Å². The lowest BCUT2D eigenvalue weighted by atomic mass is 9.90. The van der Waals surface area contributed by atoms with E-state index in [4.69, 9.17) is 15.6 Å². The van der Waals surface area contributed by atoms with E-state index in [2.05, 4.69) is 6.92 Å². The van der Waals surface area contributed by atoms with Gasteiger partial charge >= 0.3 is 11.9 Å². The highest BCUT2D eigenvalue weighted by Crippen LogP contribution is 2.16. The van der Waals surface area contributed by atoms with Crippen LogP contribution >= 0.6 is 0 Å². The summed E-state index contributed by atoms with van der Waals surface area (Å²) in [4.78, 5) is 22.5. The first kappa shape index (κ1) is 28.3. The van der Waals surface area contributed by atoms with Crippen LogP contribution in [0.2, 0.25) is 0 Å². The molecule has 0 rings (SSSR count). The highest BCUT2D eigenvalue weighted by molar-refractivity contribution is 5.79. The van der Waals surface area contributed by atoms with Gasteiger partial charge in [0, 0.05) is 13.3 Å². The SMILES string of the molecule is CCCCCCCCCCC/C=C/C=C/C(CC(O)C(N)(CO)C(=O)O)OC(C)=O. The van der Waals surface area contributed by atoms with Crippen LogP contribution in [0, 0.1) is 0 Å². The fourth-order valence-electron chi connectivity index (χ4n) is 3.06. The predicted octanol–water partition coefficient (Wildman–Crippen LogP) is 3.48. The fourth-order valence-corrected chi connectivity index (χ4v) is 3.06. The molecule has 0 radical (unpaired) electrons. The van der Waals surface area contributed by atoms with Crippen LogP contribution in [-0.2, 0) is 14.3 Å². The number of aliphatic carboxylic acids is 1. The molecule has 174 valence electrons. The number of nitrogens with two attached hydrogens (primary N) is 1. The molecule has 0 amide bonds. The van der Waals surface area contributed by atoms with Crippen molar-refractivity contribution in [3.05, 3.63) is 24.3 Å². The first-order chi connectivity index (χ1) is 14.3. The first-order valence-electron chi connectivity index (χ1n) is 11.1. The Morgan fingerprint density at radius 1 is 1.03 bits per heavy atom. The molecule has 0 saturated carbocycles. The number of carboxylic acid groups (broad SMARTS) is 1. The molecule has 0 aliphatic carbocycles. The van der Waals surface area contributed by atoms with Crippen LogP contribution in [0.25, 0.3) is 0 Å². The number of allylic oxidation sites excluding steroid dienone is 3. The van der Waals surface area contributed by atoms with Crippen molar-refractivity contribution >= 4 is 11.9 Å². The molecule has 30 heavy (non-hydrogen) atoms. The molecule has 3 atom stereocenters. The highest BCUT2D eigenvalue weighted by atomic mass is 16.5. The molecule has 0 aromatic carbocycles. The number of carboxylic acids is 1. The van der Waals surface area contributed by atoms with Crippen LogP contribution in [0.15, 0.2) is 24.3 Å². The molecule has 5 N–H and O–H groups in total. The quantitative estimate of drug-likeness (QED) is 0.150. The lowest BCUT2D eigenvalue weighted by Crippen LogP contribution is -2.60. The van der Waals surface area contributed by atoms with Crippen molar-refractivity contribution in [3.8, 4) is 0 Å². The van der Waals surface area contributed by atoms with Crippen LogP contribution in [-0.4, -0.2) is 51.6 Å². The summed E-state index contributed by atoms with van der Waals surface area (Å²) in [5, 5.41) is 28.4. The number of carbonyl (C=O) groups excluding carboxylic acids is 1. The maximum absolute atomic E-state index is 11.3. The number of unbranched alkanes of at least 4 members (excludes halogenated alkanes) is 9. The number of esters is 1. The zero-order chi connectivity index (χ0) is 22.8. The molecular weight excluding hydrogens is 386 g/mol. The largest absolute Gasteiger partial charge is 0.480 e. The minimum atomic E-state index is -2.21. The lowest BCUT2D eigenvalue weighted by Gasteiger charge is -2.29. The Hall–Kier alpha value is -1.70. The van der Waals surface area contributed by atoms with E-state index in [0.717, 1.165) is 12.8 Å². The molecule has 7 heteroatoms. The van der Waals surface area contributed by atoms with Gasteiger partial charge in [-0.3, -0.25) is 9.59 Å². The van der Waals surface area contributed by atoms with Gasteiger partial charge in [-0.05, 0) is 18.9 Å². The maximum Gasteiger partial charge on any atom is 0.328 e. The van der Waals surface area contributed by atoms with Crippen LogP contribution in [0.1, 0.15) is 84.5 Å². The summed E-state index contributed by atoms with van der Waals surface area (Å²) in [5.41, 5.74) is 3.35. The van der Waals surface area contributed by atoms with Crippen molar-refractivity contribution in [2.24, 2.45) is 5.73 Å². The summed E-state index contributed by atoms with van der Waals surface area (Å²) in [5.74, 6) is -2.08. The van der Waals surface area contributed by atoms with Crippen molar-refractivity contribution < 1.29 is 29.6 Å². The second kappa shape index (κ2) is 17.0. The average Bonchev–Trinajstić information content (AvgIpc) is 2.69. The molecule has 0 aliphatic rings. The summed E-state index contributed by atoms with van der Waals surface area (Å²) >= 11 is 0. The molecule has 0 aromatic heterocycles. The summed E-state index contributed by atoms with van der Waals surface area (Å²) < 4.78 is 5.10. The molecule has 0 aliphatic heterocycles. The summed E-state index contributed by atoms with van der Waals surface area (Å²) in [6.07, 6.45) is 16.9. The van der Waals surface area contributed by atoms with E-state index in [0.29, 0.717) is 0 Å². The Morgan fingerprint density at radius 2 is 1.60 bits per heavy atom. The van der Waals surface area contributed by atoms with Gasteiger partial charge in [-0.25, -0.2) is 0 Å². The van der Waals surface area contributed by atoms with E-state index < -0.39 is 36.3 Å². The Balaban J connectivity index is 4.29. The number of aliphatic hydroxyl groups is 2. The fraction of sp³-hybridized carbons (Fsp3) is 0.739. The van der Waals surface area contributed by atoms with Gasteiger partial charge in [-0.2, -0.15) is 0 Å². The van der Waals surface area contributed by atoms with Gasteiger partial charge in [-0.1, -0.05) is 76.5 Å². The van der Waals surface area contributed by atoms with E-state index >= 15 is 0 Å². The van der Waals surface area contributed by atoms with Crippen LogP contribution in [0.3, 0.4) is 0 Å². The second-order valence-corrected chi connectivity index (χ2v) is 7.83. The van der Waals surface area contributed by atoms with Gasteiger partial charge in [0.2, 0.25) is 0 Å². The lowest BCUT2D eigenvalue weighted by molar-refractivity contribution is -0.152. The van der Waals surface area contributed by atoms with Crippen molar-refractivity contribution in [1.29, 1.82) is 0 Å². The summed E-state index contributed by atoms with van der Waals surface area (Å²) in [6, 6.07) is 0. The van der Waals surface area contributed by atoms with E-state index in [-0.39, 0.29) is 6.42 Å². The third-order valence-electron chi connectivity index (χ3n) is 5.07. The number of hydrogen-bond donors (Lipinski definition) is 4. The number of ether oxygens (including phenoxy) is 1. The minimum absolute atomic E-state index is 0.231. The van der Waals surface area contributed by atoms with Gasteiger partial charge in [0.1, 0.15) is 6.10 Å². The maximum atomic E-state index is 11.3. The molecule has 0 fully saturated rings. The third-order valence-corrected chi connectivity index (χ3v) is 5.07. The number of carbonyl (C=O) groups is 2. The number of aliphatic hydroxyl groups excluding tert-OH is 2. The molecule has 0 bridgehead atoms. The molecule has 0 saturated heterocycles. The number of rotatable bonds is 18. The Bertz CT molecular complexity index is 534. The zero-order valence-corrected chi connectivity index (χ0v) is 18.6. The highest BCUT2D eigenvalue weighted by Gasteiger charge is 2.42. The molecule has 0 spiro atoms. The molecule has 7 nitrogen and oxygen atoms in total. The van der Waals surface area contributed by atoms with Crippen molar-refractivity contribution in [3.63, 3.8) is 0 Å². The predicted molar refractivity (Wildman–Crippen MR) is 118 cm³/mol. The van der Waals surface area contributed by atoms with E-state index in [1.165, 1.54) is 58.3 Å². The standard InChI is InChI=1S/C23H41NO6/c1-3-4-5-6-7-8-9-10-11-12-13-14-15-16-20(30-19(2)26)17-21(27)23(24,18-25)22(28)29/h13-16,20-21,25,27H,3-12,17-18,24H2,1-2H3,(H,28,29)/b14-13+,16-15+. The monoisotopic (exact) mass is 427 g/mol. The molecule has 0 aromatic rings. The van der Waals surface area contributed by atoms with Crippen LogP contribution in [0.4, 0.5) is 0 Å². The molecule has 0 heterocycles. The van der Waals surface area contributed by atoms with Crippen LogP contribution in [0.5, 0.6) is 0 Å². The van der Waals surface area contributed by atoms with Gasteiger partial charge in [0.05, 0.1) is 12.7 Å². The smallest absolute Gasteiger partial charge is 0.328 e. The summed E-state index contributed by atoms with van der Waals surface area (Å²) in [6.45, 7) is 2.52. The Kier molecular flexibility index (Phi) is 16.1. The minimum Gasteiger partial charge on any atom is -0.480 e. The Morgan fingerprint density at radius 3 is 2.10 bits per heavy atom. The van der Waals surface area contributed by atoms with E-state index in [1.54, 1.807) is 12.2 Å². The van der Waals surface area contributed by atoms with Gasteiger partial charge in [-0.15, -0.1) is 0 Å². The summed E-state index contributed by atoms with van der Waals surface area (Å²) in [7, 11) is 0. The van der Waals surface area contributed by atoms with Crippen molar-refractivity contribution in [2.45, 2.75) is 102 Å². The van der Waals surface area contributed by atoms with E-state index in [9.17, 15) is 19.8 Å². The van der Waals surface area contributed by atoms with E-state index in [1.807, 2.05) is 12.2 Å². The van der Waals surface area contributed by atoms with Gasteiger partial charge < -0.3 is 25.8 Å². The first-order valence-corrected chi connectivity index (χ1v) is 11.1. The third kappa shape index (κ3) is 12.8. The van der Waals surface area contributed by atoms with Crippen molar-refractivity contribution in [2.75, 3.05) is 6.61 Å². The zero-order valence-electron chi connectivity index (χ0n) is 18.6. The van der Waals surface area contributed by atoms with Crippen LogP contribution < -0.4 is 5.73 Å². The van der Waals surface area contributed by atoms with Gasteiger partial charge in [0.15, 0.2) is 5.54 Å². The number of hydrogen-bond acceptors (Lipinski definition) is 6. The Labute approximate surface area is 181 Å². The van der Waals surface area contributed by atoms with Crippen molar-refractivity contribution in [1.82, 2.24) is 0 Å². The average molecular weight is 428 g/mol. The normalized spacial score (nSPS) is 15.9. The molecule has 3 unspecified atom stereocenters. The van der Waals surface area contributed by atoms with Gasteiger partial charge in [0.25, 0.3) is 0 Å². The second-order valence-electron chi connectivity index (χ2n) is 7.83.